The van der Waals surface area contributed by atoms with Crippen LogP contribution in [-0.4, -0.2) is 22.6 Å². The van der Waals surface area contributed by atoms with Crippen molar-refractivity contribution >= 4 is 11.9 Å². The first-order valence-corrected chi connectivity index (χ1v) is 8.67. The summed E-state index contributed by atoms with van der Waals surface area (Å²) in [6.45, 7) is 8.75. The first kappa shape index (κ1) is 15.9. The van der Waals surface area contributed by atoms with Crippen LogP contribution < -0.4 is 0 Å². The van der Waals surface area contributed by atoms with Gasteiger partial charge in [0.2, 0.25) is 0 Å². The fourth-order valence-electron chi connectivity index (χ4n) is 6.46. The van der Waals surface area contributed by atoms with Gasteiger partial charge in [0, 0.05) is 22.0 Å². The van der Waals surface area contributed by atoms with Crippen LogP contribution in [0.25, 0.3) is 0 Å². The number of hydrogen-bond acceptors (Lipinski definition) is 5. The molecule has 3 atom stereocenters. The maximum absolute atomic E-state index is 12.4. The molecule has 0 aromatic rings. The molecule has 5 fully saturated rings. The van der Waals surface area contributed by atoms with Crippen molar-refractivity contribution in [3.05, 3.63) is 23.3 Å². The lowest BCUT2D eigenvalue weighted by molar-refractivity contribution is -0.252. The highest BCUT2D eigenvalue weighted by Gasteiger charge is 2.83. The Labute approximate surface area is 141 Å². The molecule has 0 aromatic carbocycles. The van der Waals surface area contributed by atoms with Crippen molar-refractivity contribution in [1.29, 1.82) is 0 Å². The topological polar surface area (TPSA) is 72.8 Å². The first-order valence-electron chi connectivity index (χ1n) is 8.67. The molecule has 5 nitrogen and oxygen atoms in total. The summed E-state index contributed by atoms with van der Waals surface area (Å²) in [5.74, 6) is -0.291. The highest BCUT2D eigenvalue weighted by atomic mass is 17.2. The van der Waals surface area contributed by atoms with Gasteiger partial charge in [0.15, 0.2) is 0 Å². The number of carbonyl (C=O) groups excluding carboxylic acids is 2. The molecule has 3 unspecified atom stereocenters. The molecule has 0 radical (unpaired) electrons. The molecule has 0 aliphatic heterocycles. The zero-order chi connectivity index (χ0) is 17.5. The van der Waals surface area contributed by atoms with Gasteiger partial charge in [0.05, 0.1) is 5.60 Å². The Morgan fingerprint density at radius 3 is 2.17 bits per heavy atom. The van der Waals surface area contributed by atoms with Crippen molar-refractivity contribution in [3.8, 4) is 0 Å². The Morgan fingerprint density at radius 2 is 1.62 bits per heavy atom. The Hall–Kier alpha value is -1.62. The second-order valence-electron chi connectivity index (χ2n) is 8.54. The molecule has 5 aliphatic carbocycles. The molecule has 5 aliphatic rings. The summed E-state index contributed by atoms with van der Waals surface area (Å²) in [5.41, 5.74) is 0.570. The largest absolute Gasteiger partial charge is 0.389 e. The van der Waals surface area contributed by atoms with Gasteiger partial charge in [0.25, 0.3) is 0 Å². The second-order valence-corrected chi connectivity index (χ2v) is 8.54. The molecule has 0 heterocycles. The lowest BCUT2D eigenvalue weighted by Gasteiger charge is -2.57. The Bertz CT molecular complexity index is 689. The minimum atomic E-state index is -0.752. The summed E-state index contributed by atoms with van der Waals surface area (Å²) in [6, 6.07) is 0. The van der Waals surface area contributed by atoms with E-state index in [2.05, 4.69) is 18.4 Å². The standard InChI is InChI=1S/C19H24O5/c1-10(2)15(20)23-24-16(21)11(3)14-17(4)18(14)6-12-5-13(7-18)9-19(17,22)8-12/h12-13,22H,1,5-9H2,2-4H3/b14-11+. The normalized spacial score (nSPS) is 46.2. The predicted octanol–water partition coefficient (Wildman–Crippen LogP) is 2.84. The quantitative estimate of drug-likeness (QED) is 0.478. The predicted molar refractivity (Wildman–Crippen MR) is 85.3 cm³/mol. The fraction of sp³-hybridized carbons (Fsp3) is 0.684. The van der Waals surface area contributed by atoms with Crippen molar-refractivity contribution in [3.63, 3.8) is 0 Å². The van der Waals surface area contributed by atoms with Crippen molar-refractivity contribution in [2.75, 3.05) is 0 Å². The zero-order valence-corrected chi connectivity index (χ0v) is 14.5. The molecule has 24 heavy (non-hydrogen) atoms. The van der Waals surface area contributed by atoms with Gasteiger partial charge in [-0.2, -0.15) is 0 Å². The molecule has 0 aromatic heterocycles. The van der Waals surface area contributed by atoms with Gasteiger partial charge >= 0.3 is 11.9 Å². The van der Waals surface area contributed by atoms with E-state index < -0.39 is 17.5 Å². The number of carbonyl (C=O) groups is 2. The lowest BCUT2D eigenvalue weighted by atomic mass is 9.50. The van der Waals surface area contributed by atoms with Gasteiger partial charge in [-0.3, -0.25) is 0 Å². The van der Waals surface area contributed by atoms with Crippen molar-refractivity contribution in [1.82, 2.24) is 0 Å². The van der Waals surface area contributed by atoms with E-state index in [1.165, 1.54) is 13.3 Å². The van der Waals surface area contributed by atoms with E-state index in [1.807, 2.05) is 0 Å². The zero-order valence-electron chi connectivity index (χ0n) is 14.5. The van der Waals surface area contributed by atoms with E-state index >= 15 is 0 Å². The maximum atomic E-state index is 12.4. The van der Waals surface area contributed by atoms with Crippen LogP contribution in [0.1, 0.15) is 52.9 Å². The third-order valence-electron chi connectivity index (χ3n) is 7.22. The highest BCUT2D eigenvalue weighted by molar-refractivity contribution is 5.92. The molecule has 5 heteroatoms. The molecule has 1 N–H and O–H groups in total. The van der Waals surface area contributed by atoms with Crippen LogP contribution in [0.3, 0.4) is 0 Å². The second kappa shape index (κ2) is 4.51. The molecule has 5 saturated carbocycles. The van der Waals surface area contributed by atoms with E-state index in [0.29, 0.717) is 17.4 Å². The summed E-state index contributed by atoms with van der Waals surface area (Å²) in [5, 5.41) is 11.3. The first-order chi connectivity index (χ1) is 11.1. The summed E-state index contributed by atoms with van der Waals surface area (Å²) < 4.78 is 0. The van der Waals surface area contributed by atoms with Gasteiger partial charge in [-0.1, -0.05) is 13.5 Å². The molecular formula is C19H24O5. The molecule has 1 spiro atoms. The Morgan fingerprint density at radius 1 is 1.08 bits per heavy atom. The smallest absolute Gasteiger partial charge is 0.382 e. The van der Waals surface area contributed by atoms with E-state index in [-0.39, 0.29) is 16.4 Å². The van der Waals surface area contributed by atoms with Crippen molar-refractivity contribution < 1.29 is 24.5 Å². The van der Waals surface area contributed by atoms with Gasteiger partial charge in [-0.15, -0.1) is 0 Å². The van der Waals surface area contributed by atoms with Crippen LogP contribution in [0.15, 0.2) is 23.3 Å². The van der Waals surface area contributed by atoms with Gasteiger partial charge in [-0.25, -0.2) is 19.4 Å². The lowest BCUT2D eigenvalue weighted by Crippen LogP contribution is -2.56. The van der Waals surface area contributed by atoms with Crippen LogP contribution >= 0.6 is 0 Å². The molecule has 0 amide bonds. The highest BCUT2D eigenvalue weighted by Crippen LogP contribution is 2.87. The van der Waals surface area contributed by atoms with E-state index in [1.54, 1.807) is 6.92 Å². The average molecular weight is 332 g/mol. The van der Waals surface area contributed by atoms with Gasteiger partial charge in [-0.05, 0) is 63.4 Å². The van der Waals surface area contributed by atoms with Crippen molar-refractivity contribution in [2.45, 2.75) is 58.5 Å². The fourth-order valence-corrected chi connectivity index (χ4v) is 6.46. The minimum Gasteiger partial charge on any atom is -0.389 e. The van der Waals surface area contributed by atoms with Crippen LogP contribution in [0.4, 0.5) is 0 Å². The van der Waals surface area contributed by atoms with Crippen LogP contribution in [0, 0.1) is 22.7 Å². The summed E-state index contributed by atoms with van der Waals surface area (Å²) in [4.78, 5) is 33.0. The molecular weight excluding hydrogens is 308 g/mol. The average Bonchev–Trinajstić information content (AvgIpc) is 3.02. The third-order valence-corrected chi connectivity index (χ3v) is 7.22. The number of aliphatic hydroxyl groups is 1. The Balaban J connectivity index is 1.63. The van der Waals surface area contributed by atoms with Crippen LogP contribution in [0.2, 0.25) is 0 Å². The summed E-state index contributed by atoms with van der Waals surface area (Å²) >= 11 is 0. The molecule has 130 valence electrons. The van der Waals surface area contributed by atoms with E-state index in [0.717, 1.165) is 31.3 Å². The Kier molecular flexibility index (Phi) is 2.98. The SMILES string of the molecule is C=C(C)C(=O)OOC(=O)/C(C)=C1/C23CC4CC(CC(O)(C4)C12C)C3. The van der Waals surface area contributed by atoms with E-state index in [4.69, 9.17) is 4.89 Å². The minimum absolute atomic E-state index is 0.0622. The van der Waals surface area contributed by atoms with Gasteiger partial charge < -0.3 is 5.11 Å². The molecule has 0 saturated heterocycles. The van der Waals surface area contributed by atoms with Crippen molar-refractivity contribution in [2.24, 2.45) is 22.7 Å². The monoisotopic (exact) mass is 332 g/mol. The summed E-state index contributed by atoms with van der Waals surface area (Å²) in [7, 11) is 0. The van der Waals surface area contributed by atoms with E-state index in [9.17, 15) is 14.7 Å². The maximum Gasteiger partial charge on any atom is 0.382 e. The third kappa shape index (κ3) is 1.69. The van der Waals surface area contributed by atoms with Crippen LogP contribution in [0.5, 0.6) is 0 Å². The summed E-state index contributed by atoms with van der Waals surface area (Å²) in [6.07, 6.45) is 4.96. The molecule has 4 bridgehead atoms. The number of hydrogen-bond donors (Lipinski definition) is 1. The van der Waals surface area contributed by atoms with Gasteiger partial charge in [0.1, 0.15) is 0 Å². The molecule has 5 rings (SSSR count). The number of rotatable bonds is 2. The van der Waals surface area contributed by atoms with Crippen LogP contribution in [-0.2, 0) is 19.4 Å².